The van der Waals surface area contributed by atoms with E-state index < -0.39 is 0 Å². The SMILES string of the molecule is COc1cccc(C)c1C(c1ccccc1)c1ccccc1. The molecule has 0 aliphatic rings. The van der Waals surface area contributed by atoms with Crippen LogP contribution >= 0.6 is 0 Å². The van der Waals surface area contributed by atoms with Crippen molar-refractivity contribution >= 4 is 0 Å². The fourth-order valence-corrected chi connectivity index (χ4v) is 3.02. The molecule has 0 bridgehead atoms. The number of hydrogen-bond acceptors (Lipinski definition) is 1. The third kappa shape index (κ3) is 2.75. The molecule has 0 fully saturated rings. The van der Waals surface area contributed by atoms with E-state index in [0.717, 1.165) is 5.75 Å². The van der Waals surface area contributed by atoms with Crippen LogP contribution in [0.3, 0.4) is 0 Å². The second kappa shape index (κ2) is 6.48. The Labute approximate surface area is 132 Å². The summed E-state index contributed by atoms with van der Waals surface area (Å²) >= 11 is 0. The molecule has 0 atom stereocenters. The average Bonchev–Trinajstić information content (AvgIpc) is 2.58. The van der Waals surface area contributed by atoms with Gasteiger partial charge in [-0.2, -0.15) is 0 Å². The summed E-state index contributed by atoms with van der Waals surface area (Å²) in [6.45, 7) is 2.15. The standard InChI is InChI=1S/C21H20O/c1-16-10-9-15-19(22-2)20(16)21(17-11-5-3-6-12-17)18-13-7-4-8-14-18/h3-15,21H,1-2H3. The van der Waals surface area contributed by atoms with E-state index in [9.17, 15) is 0 Å². The van der Waals surface area contributed by atoms with Gasteiger partial charge in [-0.05, 0) is 29.7 Å². The maximum atomic E-state index is 5.65. The highest BCUT2D eigenvalue weighted by atomic mass is 16.5. The van der Waals surface area contributed by atoms with E-state index in [-0.39, 0.29) is 5.92 Å². The van der Waals surface area contributed by atoms with Crippen molar-refractivity contribution in [3.8, 4) is 5.75 Å². The molecule has 0 radical (unpaired) electrons. The van der Waals surface area contributed by atoms with Crippen molar-refractivity contribution in [3.63, 3.8) is 0 Å². The molecule has 0 aliphatic heterocycles. The zero-order chi connectivity index (χ0) is 15.4. The highest BCUT2D eigenvalue weighted by Crippen LogP contribution is 2.38. The summed E-state index contributed by atoms with van der Waals surface area (Å²) in [7, 11) is 1.74. The fraction of sp³-hybridized carbons (Fsp3) is 0.143. The lowest BCUT2D eigenvalue weighted by molar-refractivity contribution is 0.408. The quantitative estimate of drug-likeness (QED) is 0.601. The Bertz CT molecular complexity index is 693. The molecule has 0 saturated carbocycles. The first-order valence-electron chi connectivity index (χ1n) is 7.54. The third-order valence-electron chi connectivity index (χ3n) is 4.06. The molecule has 0 saturated heterocycles. The van der Waals surface area contributed by atoms with E-state index in [0.29, 0.717) is 0 Å². The van der Waals surface area contributed by atoms with Crippen molar-refractivity contribution in [2.75, 3.05) is 7.11 Å². The minimum Gasteiger partial charge on any atom is -0.496 e. The molecule has 0 amide bonds. The van der Waals surface area contributed by atoms with E-state index in [1.807, 2.05) is 12.1 Å². The van der Waals surface area contributed by atoms with Crippen LogP contribution in [-0.4, -0.2) is 7.11 Å². The van der Waals surface area contributed by atoms with Crippen LogP contribution in [0, 0.1) is 6.92 Å². The molecule has 0 heterocycles. The van der Waals surface area contributed by atoms with Gasteiger partial charge in [0.05, 0.1) is 7.11 Å². The predicted octanol–water partition coefficient (Wildman–Crippen LogP) is 5.18. The van der Waals surface area contributed by atoms with Gasteiger partial charge < -0.3 is 4.74 Å². The van der Waals surface area contributed by atoms with Gasteiger partial charge in [0.1, 0.15) is 5.75 Å². The Hall–Kier alpha value is -2.54. The lowest BCUT2D eigenvalue weighted by Gasteiger charge is -2.23. The summed E-state index contributed by atoms with van der Waals surface area (Å²) in [5, 5.41) is 0. The first-order chi connectivity index (χ1) is 10.8. The van der Waals surface area contributed by atoms with E-state index in [1.165, 1.54) is 22.3 Å². The number of benzene rings is 3. The normalized spacial score (nSPS) is 10.7. The van der Waals surface area contributed by atoms with Gasteiger partial charge >= 0.3 is 0 Å². The largest absolute Gasteiger partial charge is 0.496 e. The van der Waals surface area contributed by atoms with Gasteiger partial charge in [-0.25, -0.2) is 0 Å². The van der Waals surface area contributed by atoms with Crippen molar-refractivity contribution in [1.82, 2.24) is 0 Å². The summed E-state index contributed by atoms with van der Waals surface area (Å²) in [5.41, 5.74) is 5.04. The monoisotopic (exact) mass is 288 g/mol. The Morgan fingerprint density at radius 3 is 1.73 bits per heavy atom. The Balaban J connectivity index is 2.24. The van der Waals surface area contributed by atoms with Crippen LogP contribution in [-0.2, 0) is 0 Å². The summed E-state index contributed by atoms with van der Waals surface area (Å²) in [6, 6.07) is 27.5. The van der Waals surface area contributed by atoms with Gasteiger partial charge in [0, 0.05) is 11.5 Å². The minimum atomic E-state index is 0.179. The molecule has 110 valence electrons. The molecule has 0 aliphatic carbocycles. The maximum absolute atomic E-state index is 5.65. The van der Waals surface area contributed by atoms with E-state index in [1.54, 1.807) is 7.11 Å². The molecular formula is C21H20O. The molecule has 3 aromatic carbocycles. The van der Waals surface area contributed by atoms with Crippen molar-refractivity contribution in [2.24, 2.45) is 0 Å². The summed E-state index contributed by atoms with van der Waals surface area (Å²) in [5.74, 6) is 1.12. The Morgan fingerprint density at radius 2 is 1.23 bits per heavy atom. The molecule has 0 spiro atoms. The van der Waals surface area contributed by atoms with Crippen molar-refractivity contribution < 1.29 is 4.74 Å². The highest BCUT2D eigenvalue weighted by molar-refractivity contribution is 5.52. The Kier molecular flexibility index (Phi) is 4.24. The average molecular weight is 288 g/mol. The van der Waals surface area contributed by atoms with Crippen LogP contribution in [0.4, 0.5) is 0 Å². The summed E-state index contributed by atoms with van der Waals surface area (Å²) in [6.07, 6.45) is 0. The van der Waals surface area contributed by atoms with Gasteiger partial charge in [-0.3, -0.25) is 0 Å². The van der Waals surface area contributed by atoms with Crippen LogP contribution in [0.15, 0.2) is 78.9 Å². The second-order valence-corrected chi connectivity index (χ2v) is 5.45. The molecule has 3 rings (SSSR count). The number of ether oxygens (including phenoxy) is 1. The molecule has 1 heteroatoms. The van der Waals surface area contributed by atoms with Crippen LogP contribution in [0.2, 0.25) is 0 Å². The van der Waals surface area contributed by atoms with E-state index >= 15 is 0 Å². The molecule has 0 unspecified atom stereocenters. The Morgan fingerprint density at radius 1 is 0.682 bits per heavy atom. The van der Waals surface area contributed by atoms with Crippen molar-refractivity contribution in [3.05, 3.63) is 101 Å². The topological polar surface area (TPSA) is 9.23 Å². The van der Waals surface area contributed by atoms with Crippen LogP contribution in [0.1, 0.15) is 28.2 Å². The number of hydrogen-bond donors (Lipinski definition) is 0. The molecule has 0 aromatic heterocycles. The van der Waals surface area contributed by atoms with Crippen LogP contribution in [0.25, 0.3) is 0 Å². The fourth-order valence-electron chi connectivity index (χ4n) is 3.02. The minimum absolute atomic E-state index is 0.179. The smallest absolute Gasteiger partial charge is 0.123 e. The summed E-state index contributed by atoms with van der Waals surface area (Å²) < 4.78 is 5.65. The lowest BCUT2D eigenvalue weighted by atomic mass is 9.82. The predicted molar refractivity (Wildman–Crippen MR) is 91.6 cm³/mol. The van der Waals surface area contributed by atoms with Crippen LogP contribution in [0.5, 0.6) is 5.75 Å². The lowest BCUT2D eigenvalue weighted by Crippen LogP contribution is -2.07. The molecule has 0 N–H and O–H groups in total. The highest BCUT2D eigenvalue weighted by Gasteiger charge is 2.21. The van der Waals surface area contributed by atoms with Gasteiger partial charge in [0.2, 0.25) is 0 Å². The van der Waals surface area contributed by atoms with E-state index in [4.69, 9.17) is 4.74 Å². The number of methoxy groups -OCH3 is 1. The van der Waals surface area contributed by atoms with Crippen molar-refractivity contribution in [2.45, 2.75) is 12.8 Å². The first-order valence-corrected chi connectivity index (χ1v) is 7.54. The van der Waals surface area contributed by atoms with Crippen LogP contribution < -0.4 is 4.74 Å². The van der Waals surface area contributed by atoms with Gasteiger partial charge in [0.25, 0.3) is 0 Å². The summed E-state index contributed by atoms with van der Waals surface area (Å²) in [4.78, 5) is 0. The van der Waals surface area contributed by atoms with Crippen molar-refractivity contribution in [1.29, 1.82) is 0 Å². The molecule has 1 nitrogen and oxygen atoms in total. The third-order valence-corrected chi connectivity index (χ3v) is 4.06. The van der Waals surface area contributed by atoms with Gasteiger partial charge in [-0.15, -0.1) is 0 Å². The zero-order valence-electron chi connectivity index (χ0n) is 13.0. The molecule has 22 heavy (non-hydrogen) atoms. The molecular weight excluding hydrogens is 268 g/mol. The van der Waals surface area contributed by atoms with Gasteiger partial charge in [0.15, 0.2) is 0 Å². The first kappa shape index (κ1) is 14.4. The second-order valence-electron chi connectivity index (χ2n) is 5.45. The molecule has 3 aromatic rings. The van der Waals surface area contributed by atoms with E-state index in [2.05, 4.69) is 73.7 Å². The van der Waals surface area contributed by atoms with Gasteiger partial charge in [-0.1, -0.05) is 72.8 Å². The zero-order valence-corrected chi connectivity index (χ0v) is 13.0. The maximum Gasteiger partial charge on any atom is 0.123 e. The number of rotatable bonds is 4. The number of aryl methyl sites for hydroxylation is 1.